The summed E-state index contributed by atoms with van der Waals surface area (Å²) in [6, 6.07) is 9.63. The third-order valence-electron chi connectivity index (χ3n) is 2.97. The molecule has 0 amide bonds. The van der Waals surface area contributed by atoms with Gasteiger partial charge in [0.05, 0.1) is 24.5 Å². The van der Waals surface area contributed by atoms with E-state index in [1.54, 1.807) is 6.07 Å². The Morgan fingerprint density at radius 2 is 1.67 bits per heavy atom. The molecule has 24 heavy (non-hydrogen) atoms. The van der Waals surface area contributed by atoms with Crippen LogP contribution in [-0.2, 0) is 14.4 Å². The first-order valence-electron chi connectivity index (χ1n) is 6.54. The molecule has 0 aliphatic carbocycles. The number of H-pyrrole nitrogens is 1. The van der Waals surface area contributed by atoms with Crippen molar-refractivity contribution in [2.24, 2.45) is 0 Å². The lowest BCUT2D eigenvalue weighted by Gasteiger charge is -2.18. The molecule has 0 aliphatic heterocycles. The zero-order chi connectivity index (χ0) is 18.3. The number of nitriles is 1. The first-order valence-corrected chi connectivity index (χ1v) is 6.54. The molecule has 1 aromatic heterocycles. The Bertz CT molecular complexity index is 788. The first-order chi connectivity index (χ1) is 11.2. The molecule has 2 aromatic rings. The van der Waals surface area contributed by atoms with Crippen LogP contribution < -0.4 is 0 Å². The van der Waals surface area contributed by atoms with Crippen LogP contribution in [0, 0.1) is 11.3 Å². The molecule has 0 bridgehead atoms. The van der Waals surface area contributed by atoms with Crippen molar-refractivity contribution < 1.29 is 34.8 Å². The Morgan fingerprint density at radius 1 is 1.08 bits per heavy atom. The number of aromatic nitrogens is 1. The molecule has 5 N–H and O–H groups in total. The summed E-state index contributed by atoms with van der Waals surface area (Å²) >= 11 is 0. The number of rotatable bonds is 5. The fraction of sp³-hybridized carbons (Fsp3) is 0.200. The molecule has 0 aliphatic rings. The summed E-state index contributed by atoms with van der Waals surface area (Å²) in [5.74, 6) is -5.02. The number of aliphatic carboxylic acids is 3. The Kier molecular flexibility index (Phi) is 6.03. The van der Waals surface area contributed by atoms with E-state index in [1.165, 1.54) is 0 Å². The summed E-state index contributed by atoms with van der Waals surface area (Å²) in [6.45, 7) is 0. The van der Waals surface area contributed by atoms with Crippen LogP contribution >= 0.6 is 0 Å². The van der Waals surface area contributed by atoms with Crippen molar-refractivity contribution in [3.8, 4) is 6.07 Å². The lowest BCUT2D eigenvalue weighted by molar-refractivity contribution is -0.170. The van der Waals surface area contributed by atoms with Crippen LogP contribution in [0.1, 0.15) is 18.4 Å². The number of nitrogens with zero attached hydrogens (tertiary/aromatic N) is 1. The Hall–Kier alpha value is -3.38. The highest BCUT2D eigenvalue weighted by molar-refractivity contribution is 5.88. The van der Waals surface area contributed by atoms with Gasteiger partial charge in [-0.1, -0.05) is 0 Å². The van der Waals surface area contributed by atoms with Crippen molar-refractivity contribution in [2.45, 2.75) is 18.4 Å². The highest BCUT2D eigenvalue weighted by Gasteiger charge is 2.40. The summed E-state index contributed by atoms with van der Waals surface area (Å²) < 4.78 is 0. The summed E-state index contributed by atoms with van der Waals surface area (Å²) in [5, 5.41) is 43.5. The molecule has 126 valence electrons. The summed E-state index contributed by atoms with van der Waals surface area (Å²) in [5.41, 5.74) is -0.960. The van der Waals surface area contributed by atoms with E-state index in [0.717, 1.165) is 10.9 Å². The van der Waals surface area contributed by atoms with Gasteiger partial charge in [0.25, 0.3) is 0 Å². The molecule has 1 aromatic carbocycles. The lowest BCUT2D eigenvalue weighted by atomic mass is 9.96. The average molecular weight is 334 g/mol. The number of benzene rings is 1. The molecule has 1 heterocycles. The van der Waals surface area contributed by atoms with Crippen molar-refractivity contribution >= 4 is 28.8 Å². The van der Waals surface area contributed by atoms with Gasteiger partial charge in [-0.3, -0.25) is 9.59 Å². The van der Waals surface area contributed by atoms with Gasteiger partial charge in [-0.25, -0.2) is 4.79 Å². The number of aromatic amines is 1. The number of carbonyl (C=O) groups is 3. The fourth-order valence-corrected chi connectivity index (χ4v) is 1.84. The molecule has 2 rings (SSSR count). The van der Waals surface area contributed by atoms with Crippen LogP contribution in [0.3, 0.4) is 0 Å². The highest BCUT2D eigenvalue weighted by Crippen LogP contribution is 2.15. The number of fused-ring (bicyclic) bond motifs is 1. The normalized spacial score (nSPS) is 10.3. The molecular formula is C15H14N2O7. The van der Waals surface area contributed by atoms with E-state index >= 15 is 0 Å². The van der Waals surface area contributed by atoms with Gasteiger partial charge in [0.2, 0.25) is 0 Å². The van der Waals surface area contributed by atoms with Crippen molar-refractivity contribution in [1.82, 2.24) is 4.98 Å². The Morgan fingerprint density at radius 3 is 2.12 bits per heavy atom. The third-order valence-corrected chi connectivity index (χ3v) is 2.97. The first kappa shape index (κ1) is 18.7. The van der Waals surface area contributed by atoms with Gasteiger partial charge >= 0.3 is 17.9 Å². The van der Waals surface area contributed by atoms with E-state index in [-0.39, 0.29) is 0 Å². The van der Waals surface area contributed by atoms with Crippen LogP contribution in [0.15, 0.2) is 30.5 Å². The maximum atomic E-state index is 10.3. The van der Waals surface area contributed by atoms with Crippen molar-refractivity contribution in [3.63, 3.8) is 0 Å². The van der Waals surface area contributed by atoms with Crippen LogP contribution in [0.25, 0.3) is 10.9 Å². The largest absolute Gasteiger partial charge is 0.481 e. The van der Waals surface area contributed by atoms with E-state index in [4.69, 9.17) is 25.7 Å². The lowest BCUT2D eigenvalue weighted by Crippen LogP contribution is -2.42. The molecular weight excluding hydrogens is 320 g/mol. The number of hydrogen-bond donors (Lipinski definition) is 5. The zero-order valence-electron chi connectivity index (χ0n) is 12.3. The quantitative estimate of drug-likeness (QED) is 0.534. The highest BCUT2D eigenvalue weighted by atomic mass is 16.4. The number of aliphatic hydroxyl groups is 1. The van der Waals surface area contributed by atoms with Crippen LogP contribution in [0.4, 0.5) is 0 Å². The van der Waals surface area contributed by atoms with Crippen molar-refractivity contribution in [3.05, 3.63) is 36.0 Å². The predicted octanol–water partition coefficient (Wildman–Crippen LogP) is 0.791. The Balaban J connectivity index is 0.000000242. The monoisotopic (exact) mass is 334 g/mol. The van der Waals surface area contributed by atoms with Gasteiger partial charge in [0, 0.05) is 17.1 Å². The van der Waals surface area contributed by atoms with E-state index in [0.29, 0.717) is 5.56 Å². The van der Waals surface area contributed by atoms with Gasteiger partial charge in [-0.05, 0) is 24.3 Å². The molecule has 0 fully saturated rings. The zero-order valence-corrected chi connectivity index (χ0v) is 12.3. The average Bonchev–Trinajstić information content (AvgIpc) is 2.93. The predicted molar refractivity (Wildman–Crippen MR) is 80.1 cm³/mol. The molecule has 0 saturated heterocycles. The summed E-state index contributed by atoms with van der Waals surface area (Å²) in [4.78, 5) is 33.5. The minimum Gasteiger partial charge on any atom is -0.481 e. The minimum atomic E-state index is -2.74. The number of carboxylic acids is 3. The minimum absolute atomic E-state index is 0.706. The van der Waals surface area contributed by atoms with Gasteiger partial charge < -0.3 is 25.4 Å². The molecule has 0 atom stereocenters. The van der Waals surface area contributed by atoms with E-state index in [1.807, 2.05) is 24.4 Å². The van der Waals surface area contributed by atoms with E-state index in [2.05, 4.69) is 11.1 Å². The molecule has 0 radical (unpaired) electrons. The number of hydrogen-bond acceptors (Lipinski definition) is 5. The fourth-order valence-electron chi connectivity index (χ4n) is 1.84. The number of carboxylic acid groups (broad SMARTS) is 3. The molecule has 0 spiro atoms. The molecule has 0 saturated carbocycles. The molecule has 0 unspecified atom stereocenters. The van der Waals surface area contributed by atoms with E-state index in [9.17, 15) is 14.4 Å². The number of nitrogens with one attached hydrogen (secondary N) is 1. The van der Waals surface area contributed by atoms with Crippen LogP contribution in [0.2, 0.25) is 0 Å². The standard InChI is InChI=1S/C9H6N2.C6H8O7/c10-6-7-1-2-9-8(5-7)3-4-11-9;7-3(8)1-6(13,5(11)12)2-4(9)10/h1-5,11H;13H,1-2H2,(H,7,8)(H,9,10)(H,11,12). The van der Waals surface area contributed by atoms with Gasteiger partial charge in [-0.15, -0.1) is 0 Å². The van der Waals surface area contributed by atoms with Gasteiger partial charge in [0.15, 0.2) is 5.60 Å². The maximum Gasteiger partial charge on any atom is 0.336 e. The van der Waals surface area contributed by atoms with E-state index < -0.39 is 36.4 Å². The topological polar surface area (TPSA) is 172 Å². The van der Waals surface area contributed by atoms with Crippen LogP contribution in [-0.4, -0.2) is 48.9 Å². The second kappa shape index (κ2) is 7.75. The van der Waals surface area contributed by atoms with Gasteiger partial charge in [0.1, 0.15) is 0 Å². The second-order valence-corrected chi connectivity index (χ2v) is 4.87. The van der Waals surface area contributed by atoms with Gasteiger partial charge in [-0.2, -0.15) is 5.26 Å². The molecule has 9 heteroatoms. The third kappa shape index (κ3) is 5.11. The second-order valence-electron chi connectivity index (χ2n) is 4.87. The smallest absolute Gasteiger partial charge is 0.336 e. The SMILES string of the molecule is N#Cc1ccc2[nH]ccc2c1.O=C(O)CC(O)(CC(=O)O)C(=O)O. The van der Waals surface area contributed by atoms with Crippen molar-refractivity contribution in [1.29, 1.82) is 5.26 Å². The maximum absolute atomic E-state index is 10.3. The summed E-state index contributed by atoms with van der Waals surface area (Å²) in [6.07, 6.45) is -0.422. The Labute approximate surface area is 135 Å². The summed E-state index contributed by atoms with van der Waals surface area (Å²) in [7, 11) is 0. The van der Waals surface area contributed by atoms with Crippen LogP contribution in [0.5, 0.6) is 0 Å². The van der Waals surface area contributed by atoms with Crippen molar-refractivity contribution in [2.75, 3.05) is 0 Å². The molecule has 9 nitrogen and oxygen atoms in total.